The van der Waals surface area contributed by atoms with Crippen LogP contribution in [0.25, 0.3) is 22.1 Å². The van der Waals surface area contributed by atoms with Crippen molar-refractivity contribution < 1.29 is 22.4 Å². The molecular formula is C28H27Cl2N3O5S. The van der Waals surface area contributed by atoms with Crippen LogP contribution >= 0.6 is 23.2 Å². The summed E-state index contributed by atoms with van der Waals surface area (Å²) in [6.07, 6.45) is 1.06. The maximum atomic E-state index is 13.1. The smallest absolute Gasteiger partial charge is 0.236 e. The minimum atomic E-state index is -3.74. The zero-order chi connectivity index (χ0) is 28.6. The Bertz CT molecular complexity index is 1700. The van der Waals surface area contributed by atoms with Gasteiger partial charge in [-0.2, -0.15) is 4.31 Å². The SMILES string of the molecule is CC(C)[C@@H](C(N)=O)N(Cc1cccc(-c2ccc3c(N)c(C(=O)c4ccc(Cl)cc4Cl)oc3c2)c1)S(C)(=O)=O. The molecule has 3 aromatic carbocycles. The number of ketones is 1. The number of furan rings is 1. The van der Waals surface area contributed by atoms with Crippen molar-refractivity contribution in [3.63, 3.8) is 0 Å². The van der Waals surface area contributed by atoms with Crippen LogP contribution in [0.5, 0.6) is 0 Å². The maximum absolute atomic E-state index is 13.1. The largest absolute Gasteiger partial charge is 0.450 e. The number of anilines is 1. The van der Waals surface area contributed by atoms with Gasteiger partial charge in [-0.25, -0.2) is 8.42 Å². The van der Waals surface area contributed by atoms with Crippen LogP contribution in [0, 0.1) is 5.92 Å². The molecule has 0 radical (unpaired) electrons. The van der Waals surface area contributed by atoms with Crippen LogP contribution in [-0.4, -0.2) is 36.7 Å². The zero-order valence-electron chi connectivity index (χ0n) is 21.4. The molecule has 1 heterocycles. The van der Waals surface area contributed by atoms with Crippen molar-refractivity contribution in [2.45, 2.75) is 26.4 Å². The predicted octanol–water partition coefficient (Wildman–Crippen LogP) is 5.49. The monoisotopic (exact) mass is 587 g/mol. The molecule has 1 amide bonds. The highest BCUT2D eigenvalue weighted by molar-refractivity contribution is 7.88. The van der Waals surface area contributed by atoms with E-state index >= 15 is 0 Å². The Balaban J connectivity index is 1.69. The number of hydrogen-bond acceptors (Lipinski definition) is 6. The molecule has 0 aliphatic carbocycles. The standard InChI is InChI=1S/C28H27Cl2N3O5S/c1-15(2)25(28(32)35)33(39(3,36)37)14-16-5-4-6-17(11-16)18-7-9-21-23(12-18)38-27(24(21)31)26(34)20-10-8-19(29)13-22(20)30/h4-13,15,25H,14,31H2,1-3H3,(H2,32,35)/t25-/m0/s1. The highest BCUT2D eigenvalue weighted by Gasteiger charge is 2.33. The van der Waals surface area contributed by atoms with E-state index in [0.717, 1.165) is 21.7 Å². The van der Waals surface area contributed by atoms with Gasteiger partial charge in [0.1, 0.15) is 11.6 Å². The van der Waals surface area contributed by atoms with Crippen molar-refractivity contribution in [2.75, 3.05) is 12.0 Å². The van der Waals surface area contributed by atoms with Crippen LogP contribution < -0.4 is 11.5 Å². The first-order valence-electron chi connectivity index (χ1n) is 11.9. The molecule has 11 heteroatoms. The van der Waals surface area contributed by atoms with E-state index in [-0.39, 0.29) is 34.5 Å². The molecule has 1 atom stereocenters. The fraction of sp³-hybridized carbons (Fsp3) is 0.214. The number of halogens is 2. The lowest BCUT2D eigenvalue weighted by Gasteiger charge is -2.30. The first-order chi connectivity index (χ1) is 18.3. The van der Waals surface area contributed by atoms with Gasteiger partial charge in [0.15, 0.2) is 5.76 Å². The molecule has 39 heavy (non-hydrogen) atoms. The summed E-state index contributed by atoms with van der Waals surface area (Å²) in [5, 5.41) is 1.15. The summed E-state index contributed by atoms with van der Waals surface area (Å²) in [6, 6.07) is 16.1. The fourth-order valence-corrected chi connectivity index (χ4v) is 6.15. The number of hydrogen-bond donors (Lipinski definition) is 2. The van der Waals surface area contributed by atoms with Crippen LogP contribution in [-0.2, 0) is 21.4 Å². The lowest BCUT2D eigenvalue weighted by atomic mass is 10.0. The van der Waals surface area contributed by atoms with Gasteiger partial charge in [0.05, 0.1) is 17.0 Å². The number of amides is 1. The molecule has 0 aliphatic heterocycles. The molecule has 4 rings (SSSR count). The number of carbonyl (C=O) groups is 2. The Morgan fingerprint density at radius 1 is 1.00 bits per heavy atom. The van der Waals surface area contributed by atoms with Crippen LogP contribution in [0.2, 0.25) is 10.0 Å². The van der Waals surface area contributed by atoms with Gasteiger partial charge in [0, 0.05) is 22.5 Å². The van der Waals surface area contributed by atoms with E-state index in [0.29, 0.717) is 21.6 Å². The Labute approximate surface area is 236 Å². The van der Waals surface area contributed by atoms with Crippen molar-refractivity contribution in [1.29, 1.82) is 0 Å². The summed E-state index contributed by atoms with van der Waals surface area (Å²) < 4.78 is 32.1. The lowest BCUT2D eigenvalue weighted by molar-refractivity contribution is -0.123. The second-order valence-electron chi connectivity index (χ2n) is 9.61. The second kappa shape index (κ2) is 11.0. The molecule has 0 fully saturated rings. The minimum Gasteiger partial charge on any atom is -0.450 e. The van der Waals surface area contributed by atoms with Crippen molar-refractivity contribution >= 4 is 61.6 Å². The molecule has 1 aromatic heterocycles. The van der Waals surface area contributed by atoms with Crippen LogP contribution in [0.3, 0.4) is 0 Å². The van der Waals surface area contributed by atoms with E-state index in [2.05, 4.69) is 0 Å². The lowest BCUT2D eigenvalue weighted by Crippen LogP contribution is -2.49. The molecular weight excluding hydrogens is 561 g/mol. The topological polar surface area (TPSA) is 137 Å². The van der Waals surface area contributed by atoms with Gasteiger partial charge >= 0.3 is 0 Å². The fourth-order valence-electron chi connectivity index (χ4n) is 4.51. The van der Waals surface area contributed by atoms with Gasteiger partial charge in [0.25, 0.3) is 0 Å². The number of fused-ring (bicyclic) bond motifs is 1. The zero-order valence-corrected chi connectivity index (χ0v) is 23.8. The number of nitrogens with zero attached hydrogens (tertiary/aromatic N) is 1. The van der Waals surface area contributed by atoms with Gasteiger partial charge in [-0.3, -0.25) is 9.59 Å². The Kier molecular flexibility index (Phi) is 8.09. The van der Waals surface area contributed by atoms with Crippen molar-refractivity contribution in [2.24, 2.45) is 11.7 Å². The van der Waals surface area contributed by atoms with E-state index in [1.165, 1.54) is 12.1 Å². The molecule has 0 aliphatic rings. The van der Waals surface area contributed by atoms with Crippen molar-refractivity contribution in [3.8, 4) is 11.1 Å². The number of rotatable bonds is 9. The van der Waals surface area contributed by atoms with Gasteiger partial charge in [-0.1, -0.05) is 61.3 Å². The van der Waals surface area contributed by atoms with E-state index < -0.39 is 27.8 Å². The molecule has 0 spiro atoms. The van der Waals surface area contributed by atoms with Crippen LogP contribution in [0.1, 0.15) is 35.5 Å². The third kappa shape index (κ3) is 5.96. The van der Waals surface area contributed by atoms with Gasteiger partial charge in [-0.05, 0) is 59.0 Å². The number of primary amides is 1. The average molecular weight is 589 g/mol. The summed E-state index contributed by atoms with van der Waals surface area (Å²) in [4.78, 5) is 25.2. The normalized spacial score (nSPS) is 12.8. The molecule has 4 N–H and O–H groups in total. The molecule has 0 saturated heterocycles. The Morgan fingerprint density at radius 2 is 1.69 bits per heavy atom. The van der Waals surface area contributed by atoms with E-state index in [9.17, 15) is 18.0 Å². The number of nitrogens with two attached hydrogens (primary N) is 2. The third-order valence-electron chi connectivity index (χ3n) is 6.37. The van der Waals surface area contributed by atoms with Crippen LogP contribution in [0.4, 0.5) is 5.69 Å². The highest BCUT2D eigenvalue weighted by atomic mass is 35.5. The second-order valence-corrected chi connectivity index (χ2v) is 12.4. The highest BCUT2D eigenvalue weighted by Crippen LogP contribution is 2.35. The third-order valence-corrected chi connectivity index (χ3v) is 8.12. The number of benzene rings is 3. The molecule has 204 valence electrons. The van der Waals surface area contributed by atoms with E-state index in [4.69, 9.17) is 39.1 Å². The summed E-state index contributed by atoms with van der Waals surface area (Å²) in [5.74, 6) is -1.52. The molecule has 4 aromatic rings. The molecule has 0 saturated carbocycles. The Morgan fingerprint density at radius 3 is 2.31 bits per heavy atom. The molecule has 8 nitrogen and oxygen atoms in total. The van der Waals surface area contributed by atoms with Crippen molar-refractivity contribution in [3.05, 3.63) is 87.6 Å². The quantitative estimate of drug-likeness (QED) is 0.248. The van der Waals surface area contributed by atoms with Crippen LogP contribution in [0.15, 0.2) is 65.1 Å². The maximum Gasteiger partial charge on any atom is 0.236 e. The summed E-state index contributed by atoms with van der Waals surface area (Å²) in [7, 11) is -3.74. The Hall–Kier alpha value is -3.37. The van der Waals surface area contributed by atoms with Gasteiger partial charge in [0.2, 0.25) is 21.7 Å². The van der Waals surface area contributed by atoms with Crippen molar-refractivity contribution in [1.82, 2.24) is 4.31 Å². The van der Waals surface area contributed by atoms with E-state index in [1.807, 2.05) is 18.2 Å². The van der Waals surface area contributed by atoms with Gasteiger partial charge in [-0.15, -0.1) is 0 Å². The van der Waals surface area contributed by atoms with E-state index in [1.54, 1.807) is 44.2 Å². The average Bonchev–Trinajstić information content (AvgIpc) is 3.18. The predicted molar refractivity (Wildman–Crippen MR) is 154 cm³/mol. The summed E-state index contributed by atoms with van der Waals surface area (Å²) >= 11 is 12.2. The number of carbonyl (C=O) groups excluding carboxylic acids is 2. The minimum absolute atomic E-state index is 0.0323. The number of nitrogen functional groups attached to an aromatic ring is 1. The molecule has 0 bridgehead atoms. The number of sulfonamides is 1. The first kappa shape index (κ1) is 28.6. The molecule has 0 unspecified atom stereocenters. The summed E-state index contributed by atoms with van der Waals surface area (Å²) in [5.41, 5.74) is 14.8. The van der Waals surface area contributed by atoms with Gasteiger partial charge < -0.3 is 15.9 Å². The first-order valence-corrected chi connectivity index (χ1v) is 14.6. The summed E-state index contributed by atoms with van der Waals surface area (Å²) in [6.45, 7) is 3.46.